The second-order valence-electron chi connectivity index (χ2n) is 3.35. The molecule has 1 aromatic heterocycles. The first-order valence-electron chi connectivity index (χ1n) is 4.74. The average molecular weight is 240 g/mol. The molecule has 0 spiro atoms. The van der Waals surface area contributed by atoms with Crippen molar-refractivity contribution in [1.29, 1.82) is 0 Å². The van der Waals surface area contributed by atoms with Crippen LogP contribution in [0.15, 0.2) is 47.1 Å². The first-order chi connectivity index (χ1) is 8.00. The topological polar surface area (TPSA) is 30.2 Å². The van der Waals surface area contributed by atoms with Crippen LogP contribution in [-0.4, -0.2) is 5.78 Å². The lowest BCUT2D eigenvalue weighted by Gasteiger charge is -2.10. The molecule has 0 unspecified atom stereocenters. The van der Waals surface area contributed by atoms with Crippen LogP contribution in [0.5, 0.6) is 0 Å². The lowest BCUT2D eigenvalue weighted by Crippen LogP contribution is -2.13. The van der Waals surface area contributed by atoms with E-state index in [0.29, 0.717) is 0 Å². The van der Waals surface area contributed by atoms with E-state index in [0.717, 1.165) is 12.1 Å². The number of carbonyl (C=O) groups is 1. The smallest absolute Gasteiger partial charge is 0.417 e. The monoisotopic (exact) mass is 240 g/mol. The van der Waals surface area contributed by atoms with Gasteiger partial charge in [0, 0.05) is 5.56 Å². The van der Waals surface area contributed by atoms with Crippen molar-refractivity contribution in [2.45, 2.75) is 6.18 Å². The summed E-state index contributed by atoms with van der Waals surface area (Å²) >= 11 is 0. The van der Waals surface area contributed by atoms with E-state index >= 15 is 0 Å². The molecule has 0 aliphatic carbocycles. The van der Waals surface area contributed by atoms with Gasteiger partial charge >= 0.3 is 6.18 Å². The molecule has 88 valence electrons. The maximum atomic E-state index is 12.7. The molecule has 5 heteroatoms. The third-order valence-electron chi connectivity index (χ3n) is 2.22. The molecule has 1 heterocycles. The predicted molar refractivity (Wildman–Crippen MR) is 53.6 cm³/mol. The number of benzene rings is 1. The maximum Gasteiger partial charge on any atom is 0.417 e. The van der Waals surface area contributed by atoms with E-state index in [4.69, 9.17) is 4.42 Å². The van der Waals surface area contributed by atoms with Crippen molar-refractivity contribution in [3.63, 3.8) is 0 Å². The first-order valence-corrected chi connectivity index (χ1v) is 4.74. The van der Waals surface area contributed by atoms with Gasteiger partial charge in [-0.25, -0.2) is 0 Å². The van der Waals surface area contributed by atoms with Gasteiger partial charge in [-0.2, -0.15) is 13.2 Å². The fourth-order valence-electron chi connectivity index (χ4n) is 1.47. The Bertz CT molecular complexity index is 527. The Morgan fingerprint density at radius 1 is 1.06 bits per heavy atom. The van der Waals surface area contributed by atoms with Crippen LogP contribution in [0.4, 0.5) is 13.2 Å². The van der Waals surface area contributed by atoms with Crippen molar-refractivity contribution in [3.8, 4) is 0 Å². The molecule has 0 aliphatic heterocycles. The molecule has 0 aliphatic rings. The summed E-state index contributed by atoms with van der Waals surface area (Å²) in [6, 6.07) is 7.40. The van der Waals surface area contributed by atoms with Gasteiger partial charge in [-0.15, -0.1) is 0 Å². The molecule has 0 N–H and O–H groups in total. The fourth-order valence-corrected chi connectivity index (χ4v) is 1.47. The molecule has 0 saturated heterocycles. The number of halogens is 3. The normalized spacial score (nSPS) is 11.5. The molecule has 2 nitrogen and oxygen atoms in total. The standard InChI is InChI=1S/C12H7F3O2/c13-12(14,15)9-5-2-1-4-8(9)11(16)10-6-3-7-17-10/h1-7H. The maximum absolute atomic E-state index is 12.7. The second kappa shape index (κ2) is 4.08. The van der Waals surface area contributed by atoms with Crippen molar-refractivity contribution >= 4 is 5.78 Å². The van der Waals surface area contributed by atoms with Crippen molar-refractivity contribution in [3.05, 3.63) is 59.5 Å². The number of furan rings is 1. The summed E-state index contributed by atoms with van der Waals surface area (Å²) in [5.74, 6) is -0.885. The molecule has 0 amide bonds. The summed E-state index contributed by atoms with van der Waals surface area (Å²) in [7, 11) is 0. The molecule has 0 fully saturated rings. The molecule has 0 radical (unpaired) electrons. The summed E-state index contributed by atoms with van der Waals surface area (Å²) in [6.07, 6.45) is -3.32. The first kappa shape index (κ1) is 11.4. The molecular formula is C12H7F3O2. The van der Waals surface area contributed by atoms with Gasteiger partial charge in [-0.05, 0) is 18.2 Å². The highest BCUT2D eigenvalue weighted by Crippen LogP contribution is 2.32. The second-order valence-corrected chi connectivity index (χ2v) is 3.35. The van der Waals surface area contributed by atoms with Crippen LogP contribution in [0.2, 0.25) is 0 Å². The zero-order valence-electron chi connectivity index (χ0n) is 8.49. The van der Waals surface area contributed by atoms with E-state index in [1.165, 1.54) is 30.5 Å². The summed E-state index contributed by atoms with van der Waals surface area (Å²) in [5, 5.41) is 0. The van der Waals surface area contributed by atoms with Crippen LogP contribution in [0, 0.1) is 0 Å². The van der Waals surface area contributed by atoms with E-state index in [2.05, 4.69) is 0 Å². The third kappa shape index (κ3) is 2.22. The minimum Gasteiger partial charge on any atom is -0.461 e. The highest BCUT2D eigenvalue weighted by atomic mass is 19.4. The van der Waals surface area contributed by atoms with Crippen LogP contribution in [0.25, 0.3) is 0 Å². The van der Waals surface area contributed by atoms with Crippen molar-refractivity contribution in [1.82, 2.24) is 0 Å². The van der Waals surface area contributed by atoms with Crippen LogP contribution in [0.3, 0.4) is 0 Å². The van der Waals surface area contributed by atoms with Gasteiger partial charge in [-0.1, -0.05) is 18.2 Å². The molecular weight excluding hydrogens is 233 g/mol. The lowest BCUT2D eigenvalue weighted by atomic mass is 10.0. The summed E-state index contributed by atoms with van der Waals surface area (Å²) in [4.78, 5) is 11.8. The van der Waals surface area contributed by atoms with E-state index < -0.39 is 23.1 Å². The lowest BCUT2D eigenvalue weighted by molar-refractivity contribution is -0.137. The average Bonchev–Trinajstić information content (AvgIpc) is 2.80. The zero-order valence-corrected chi connectivity index (χ0v) is 8.49. The number of alkyl halides is 3. The van der Waals surface area contributed by atoms with E-state index in [1.807, 2.05) is 0 Å². The number of rotatable bonds is 2. The minimum absolute atomic E-state index is 0.110. The van der Waals surface area contributed by atoms with Crippen molar-refractivity contribution in [2.75, 3.05) is 0 Å². The molecule has 0 atom stereocenters. The molecule has 2 rings (SSSR count). The quantitative estimate of drug-likeness (QED) is 0.751. The Morgan fingerprint density at radius 2 is 1.76 bits per heavy atom. The van der Waals surface area contributed by atoms with Gasteiger partial charge in [-0.3, -0.25) is 4.79 Å². The largest absolute Gasteiger partial charge is 0.461 e. The Balaban J connectivity index is 2.50. The Kier molecular flexibility index (Phi) is 2.75. The molecule has 2 aromatic rings. The molecule has 1 aromatic carbocycles. The Morgan fingerprint density at radius 3 is 2.35 bits per heavy atom. The Hall–Kier alpha value is -2.04. The van der Waals surface area contributed by atoms with Gasteiger partial charge in [0.05, 0.1) is 11.8 Å². The minimum atomic E-state index is -4.56. The van der Waals surface area contributed by atoms with Crippen LogP contribution < -0.4 is 0 Å². The predicted octanol–water partition coefficient (Wildman–Crippen LogP) is 3.53. The summed E-state index contributed by atoms with van der Waals surface area (Å²) in [6.45, 7) is 0. The van der Waals surface area contributed by atoms with E-state index in [-0.39, 0.29) is 5.76 Å². The Labute approximate surface area is 94.7 Å². The van der Waals surface area contributed by atoms with Gasteiger partial charge in [0.25, 0.3) is 0 Å². The summed E-state index contributed by atoms with van der Waals surface area (Å²) < 4.78 is 42.8. The zero-order chi connectivity index (χ0) is 12.5. The van der Waals surface area contributed by atoms with Gasteiger partial charge in [0.15, 0.2) is 5.76 Å². The number of hydrogen-bond acceptors (Lipinski definition) is 2. The number of carbonyl (C=O) groups excluding carboxylic acids is 1. The van der Waals surface area contributed by atoms with Gasteiger partial charge in [0.2, 0.25) is 5.78 Å². The van der Waals surface area contributed by atoms with Crippen LogP contribution in [0.1, 0.15) is 21.7 Å². The molecule has 0 bridgehead atoms. The molecule has 0 saturated carbocycles. The van der Waals surface area contributed by atoms with Crippen molar-refractivity contribution in [2.24, 2.45) is 0 Å². The number of ketones is 1. The van der Waals surface area contributed by atoms with E-state index in [1.54, 1.807) is 0 Å². The summed E-state index contributed by atoms with van der Waals surface area (Å²) in [5.41, 5.74) is -1.36. The highest BCUT2D eigenvalue weighted by Gasteiger charge is 2.35. The van der Waals surface area contributed by atoms with Crippen LogP contribution >= 0.6 is 0 Å². The third-order valence-corrected chi connectivity index (χ3v) is 2.22. The van der Waals surface area contributed by atoms with Crippen LogP contribution in [-0.2, 0) is 6.18 Å². The fraction of sp³-hybridized carbons (Fsp3) is 0.0833. The highest BCUT2D eigenvalue weighted by molar-refractivity contribution is 6.08. The van der Waals surface area contributed by atoms with Crippen molar-refractivity contribution < 1.29 is 22.4 Å². The SMILES string of the molecule is O=C(c1ccco1)c1ccccc1C(F)(F)F. The number of hydrogen-bond donors (Lipinski definition) is 0. The van der Waals surface area contributed by atoms with Gasteiger partial charge in [0.1, 0.15) is 0 Å². The van der Waals surface area contributed by atoms with E-state index in [9.17, 15) is 18.0 Å². The van der Waals surface area contributed by atoms with Gasteiger partial charge < -0.3 is 4.42 Å². The molecule has 17 heavy (non-hydrogen) atoms.